The lowest BCUT2D eigenvalue weighted by Crippen LogP contribution is -2.45. The second-order valence-corrected chi connectivity index (χ2v) is 6.84. The second kappa shape index (κ2) is 9.71. The first-order valence-corrected chi connectivity index (χ1v) is 9.07. The molecule has 1 aliphatic heterocycles. The molecule has 1 aliphatic rings. The first-order chi connectivity index (χ1) is 12.6. The number of methoxy groups -OCH3 is 1. The van der Waals surface area contributed by atoms with Crippen LogP contribution in [0.25, 0.3) is 11.4 Å². The Balaban J connectivity index is 0.00000261. The average molecular weight is 395 g/mol. The smallest absolute Gasteiger partial charge is 0.227 e. The largest absolute Gasteiger partial charge is 0.497 e. The Labute approximate surface area is 165 Å². The number of likely N-dealkylation sites (tertiary alicyclic amines) is 1. The molecule has 1 aromatic heterocycles. The van der Waals surface area contributed by atoms with Gasteiger partial charge in [0, 0.05) is 37.5 Å². The molecule has 3 rings (SSSR count). The van der Waals surface area contributed by atoms with Gasteiger partial charge >= 0.3 is 0 Å². The SMILES string of the molecule is COc1ccc(-c2noc(CCC(=O)N3CCCC(C(C)N)C3)n2)cc1.Cl. The molecule has 0 saturated carbocycles. The van der Waals surface area contributed by atoms with Crippen LogP contribution in [0.2, 0.25) is 0 Å². The average Bonchev–Trinajstić information content (AvgIpc) is 3.15. The van der Waals surface area contributed by atoms with Crippen molar-refractivity contribution in [1.29, 1.82) is 0 Å². The number of rotatable bonds is 6. The Morgan fingerprint density at radius 3 is 2.81 bits per heavy atom. The van der Waals surface area contributed by atoms with E-state index < -0.39 is 0 Å². The molecule has 27 heavy (non-hydrogen) atoms. The highest BCUT2D eigenvalue weighted by molar-refractivity contribution is 5.85. The standard InChI is InChI=1S/C19H26N4O3.ClH/c1-13(20)15-4-3-11-23(12-15)18(24)10-9-17-21-19(22-26-17)14-5-7-16(25-2)8-6-14;/h5-8,13,15H,3-4,9-12,20H2,1-2H3;1H. The molecule has 0 spiro atoms. The Bertz CT molecular complexity index is 733. The molecule has 1 amide bonds. The third-order valence-electron chi connectivity index (χ3n) is 4.92. The van der Waals surface area contributed by atoms with Gasteiger partial charge in [-0.3, -0.25) is 4.79 Å². The lowest BCUT2D eigenvalue weighted by atomic mass is 9.92. The van der Waals surface area contributed by atoms with Crippen LogP contribution in [0.1, 0.15) is 32.1 Å². The van der Waals surface area contributed by atoms with Crippen molar-refractivity contribution < 1.29 is 14.1 Å². The van der Waals surface area contributed by atoms with Gasteiger partial charge in [-0.2, -0.15) is 4.98 Å². The lowest BCUT2D eigenvalue weighted by molar-refractivity contribution is -0.133. The number of nitrogens with two attached hydrogens (primary N) is 1. The number of carbonyl (C=O) groups excluding carboxylic acids is 1. The summed E-state index contributed by atoms with van der Waals surface area (Å²) in [5, 5.41) is 4.00. The van der Waals surface area contributed by atoms with Gasteiger partial charge in [0.15, 0.2) is 0 Å². The Morgan fingerprint density at radius 1 is 1.41 bits per heavy atom. The maximum atomic E-state index is 12.5. The maximum absolute atomic E-state index is 12.5. The van der Waals surface area contributed by atoms with Crippen molar-refractivity contribution in [3.05, 3.63) is 30.2 Å². The Hall–Kier alpha value is -2.12. The van der Waals surface area contributed by atoms with Gasteiger partial charge in [0.25, 0.3) is 0 Å². The molecule has 2 unspecified atom stereocenters. The fourth-order valence-electron chi connectivity index (χ4n) is 3.25. The lowest BCUT2D eigenvalue weighted by Gasteiger charge is -2.34. The van der Waals surface area contributed by atoms with Crippen LogP contribution in [0.5, 0.6) is 5.75 Å². The summed E-state index contributed by atoms with van der Waals surface area (Å²) in [6.45, 7) is 3.57. The van der Waals surface area contributed by atoms with Crippen LogP contribution in [0.3, 0.4) is 0 Å². The number of hydrogen-bond acceptors (Lipinski definition) is 6. The number of aromatic nitrogens is 2. The second-order valence-electron chi connectivity index (χ2n) is 6.84. The van der Waals surface area contributed by atoms with Crippen LogP contribution in [-0.2, 0) is 11.2 Å². The van der Waals surface area contributed by atoms with Gasteiger partial charge in [-0.25, -0.2) is 0 Å². The monoisotopic (exact) mass is 394 g/mol. The van der Waals surface area contributed by atoms with E-state index in [1.165, 1.54) is 0 Å². The summed E-state index contributed by atoms with van der Waals surface area (Å²) in [4.78, 5) is 18.8. The van der Waals surface area contributed by atoms with E-state index in [-0.39, 0.29) is 24.4 Å². The molecule has 148 valence electrons. The number of ether oxygens (including phenoxy) is 1. The zero-order valence-electron chi connectivity index (χ0n) is 15.8. The third-order valence-corrected chi connectivity index (χ3v) is 4.92. The van der Waals surface area contributed by atoms with Crippen molar-refractivity contribution >= 4 is 18.3 Å². The van der Waals surface area contributed by atoms with E-state index in [2.05, 4.69) is 10.1 Å². The highest BCUT2D eigenvalue weighted by Gasteiger charge is 2.25. The minimum atomic E-state index is 0. The number of halogens is 1. The van der Waals surface area contributed by atoms with Crippen molar-refractivity contribution in [3.8, 4) is 17.1 Å². The summed E-state index contributed by atoms with van der Waals surface area (Å²) in [6, 6.07) is 7.56. The van der Waals surface area contributed by atoms with E-state index in [1.807, 2.05) is 36.1 Å². The van der Waals surface area contributed by atoms with Crippen LogP contribution < -0.4 is 10.5 Å². The number of amides is 1. The minimum absolute atomic E-state index is 0. The van der Waals surface area contributed by atoms with Crippen molar-refractivity contribution in [2.45, 2.75) is 38.6 Å². The number of benzene rings is 1. The molecule has 0 radical (unpaired) electrons. The van der Waals surface area contributed by atoms with E-state index >= 15 is 0 Å². The zero-order chi connectivity index (χ0) is 18.5. The molecule has 2 N–H and O–H groups in total. The van der Waals surface area contributed by atoms with E-state index in [0.29, 0.717) is 30.5 Å². The highest BCUT2D eigenvalue weighted by atomic mass is 35.5. The summed E-state index contributed by atoms with van der Waals surface area (Å²) >= 11 is 0. The number of aryl methyl sites for hydroxylation is 1. The third kappa shape index (κ3) is 5.43. The van der Waals surface area contributed by atoms with Crippen molar-refractivity contribution in [3.63, 3.8) is 0 Å². The van der Waals surface area contributed by atoms with Crippen LogP contribution >= 0.6 is 12.4 Å². The number of piperidine rings is 1. The topological polar surface area (TPSA) is 94.5 Å². The maximum Gasteiger partial charge on any atom is 0.227 e. The molecule has 2 heterocycles. The molecule has 1 fully saturated rings. The predicted molar refractivity (Wildman–Crippen MR) is 105 cm³/mol. The van der Waals surface area contributed by atoms with Crippen LogP contribution in [0.15, 0.2) is 28.8 Å². The molecular weight excluding hydrogens is 368 g/mol. The van der Waals surface area contributed by atoms with Gasteiger partial charge < -0.3 is 19.9 Å². The quantitative estimate of drug-likeness (QED) is 0.809. The van der Waals surface area contributed by atoms with Crippen molar-refractivity contribution in [2.75, 3.05) is 20.2 Å². The van der Waals surface area contributed by atoms with Crippen molar-refractivity contribution in [2.24, 2.45) is 11.7 Å². The van der Waals surface area contributed by atoms with Gasteiger partial charge in [-0.1, -0.05) is 5.16 Å². The molecule has 0 aliphatic carbocycles. The Morgan fingerprint density at radius 2 is 2.15 bits per heavy atom. The predicted octanol–water partition coefficient (Wildman–Crippen LogP) is 2.69. The van der Waals surface area contributed by atoms with Crippen LogP contribution in [0, 0.1) is 5.92 Å². The normalized spacial score (nSPS) is 17.9. The molecule has 2 atom stereocenters. The number of carbonyl (C=O) groups is 1. The summed E-state index contributed by atoms with van der Waals surface area (Å²) in [6.07, 6.45) is 2.92. The van der Waals surface area contributed by atoms with Crippen LogP contribution in [-0.4, -0.2) is 47.2 Å². The highest BCUT2D eigenvalue weighted by Crippen LogP contribution is 2.21. The van der Waals surface area contributed by atoms with Crippen LogP contribution in [0.4, 0.5) is 0 Å². The zero-order valence-corrected chi connectivity index (χ0v) is 16.6. The van der Waals surface area contributed by atoms with E-state index in [0.717, 1.165) is 37.2 Å². The van der Waals surface area contributed by atoms with Gasteiger partial charge in [0.2, 0.25) is 17.6 Å². The van der Waals surface area contributed by atoms with E-state index in [1.54, 1.807) is 7.11 Å². The molecular formula is C19H27ClN4O3. The summed E-state index contributed by atoms with van der Waals surface area (Å²) in [5.74, 6) is 2.28. The summed E-state index contributed by atoms with van der Waals surface area (Å²) < 4.78 is 10.4. The van der Waals surface area contributed by atoms with E-state index in [9.17, 15) is 4.79 Å². The molecule has 0 bridgehead atoms. The summed E-state index contributed by atoms with van der Waals surface area (Å²) in [7, 11) is 1.62. The number of nitrogens with zero attached hydrogens (tertiary/aromatic N) is 3. The summed E-state index contributed by atoms with van der Waals surface area (Å²) in [5.41, 5.74) is 6.84. The first-order valence-electron chi connectivity index (χ1n) is 9.07. The molecule has 1 aromatic carbocycles. The minimum Gasteiger partial charge on any atom is -0.497 e. The van der Waals surface area contributed by atoms with E-state index in [4.69, 9.17) is 15.0 Å². The molecule has 1 saturated heterocycles. The molecule has 2 aromatic rings. The Kier molecular flexibility index (Phi) is 7.62. The molecule has 8 heteroatoms. The van der Waals surface area contributed by atoms with Gasteiger partial charge in [0.05, 0.1) is 7.11 Å². The van der Waals surface area contributed by atoms with Gasteiger partial charge in [-0.15, -0.1) is 12.4 Å². The molecule has 7 nitrogen and oxygen atoms in total. The first kappa shape index (κ1) is 21.2. The van der Waals surface area contributed by atoms with Gasteiger partial charge in [-0.05, 0) is 49.9 Å². The number of hydrogen-bond donors (Lipinski definition) is 1. The fraction of sp³-hybridized carbons (Fsp3) is 0.526. The van der Waals surface area contributed by atoms with Gasteiger partial charge in [0.1, 0.15) is 5.75 Å². The van der Waals surface area contributed by atoms with Crippen molar-refractivity contribution in [1.82, 2.24) is 15.0 Å². The fourth-order valence-corrected chi connectivity index (χ4v) is 3.25.